The lowest BCUT2D eigenvalue weighted by Gasteiger charge is -2.14. The van der Waals surface area contributed by atoms with Gasteiger partial charge in [0.05, 0.1) is 0 Å². The van der Waals surface area contributed by atoms with Crippen molar-refractivity contribution in [2.24, 2.45) is 7.05 Å². The molecule has 0 saturated heterocycles. The highest BCUT2D eigenvalue weighted by Crippen LogP contribution is 2.28. The maximum atomic E-state index is 12.3. The summed E-state index contributed by atoms with van der Waals surface area (Å²) in [5.74, 6) is -0.0368. The van der Waals surface area contributed by atoms with E-state index in [0.29, 0.717) is 12.2 Å². The quantitative estimate of drug-likeness (QED) is 0.855. The number of nitrogens with one attached hydrogen (secondary N) is 1. The van der Waals surface area contributed by atoms with E-state index in [1.807, 2.05) is 55.1 Å². The van der Waals surface area contributed by atoms with Gasteiger partial charge in [0.2, 0.25) is 0 Å². The van der Waals surface area contributed by atoms with Crippen LogP contribution in [0.5, 0.6) is 0 Å². The zero-order chi connectivity index (χ0) is 16.1. The van der Waals surface area contributed by atoms with Crippen LogP contribution >= 0.6 is 15.9 Å². The molecule has 5 heteroatoms. The van der Waals surface area contributed by atoms with E-state index < -0.39 is 0 Å². The van der Waals surface area contributed by atoms with Gasteiger partial charge in [-0.25, -0.2) is 0 Å². The molecule has 1 heterocycles. The molecule has 0 bridgehead atoms. The first-order chi connectivity index (χ1) is 10.5. The first kappa shape index (κ1) is 16.8. The average Bonchev–Trinajstić information content (AvgIpc) is 2.89. The highest BCUT2D eigenvalue weighted by atomic mass is 79.9. The van der Waals surface area contributed by atoms with E-state index in [9.17, 15) is 4.79 Å². The molecule has 1 amide bonds. The van der Waals surface area contributed by atoms with Crippen molar-refractivity contribution in [3.63, 3.8) is 0 Å². The van der Waals surface area contributed by atoms with Crippen molar-refractivity contribution in [3.8, 4) is 11.3 Å². The zero-order valence-electron chi connectivity index (χ0n) is 13.3. The fraction of sp³-hybridized carbons (Fsp3) is 0.353. The summed E-state index contributed by atoms with van der Waals surface area (Å²) < 4.78 is 2.95. The second-order valence-electron chi connectivity index (χ2n) is 5.29. The van der Waals surface area contributed by atoms with Gasteiger partial charge in [-0.05, 0) is 31.8 Å². The van der Waals surface area contributed by atoms with Crippen molar-refractivity contribution in [1.82, 2.24) is 14.8 Å². The maximum absolute atomic E-state index is 12.3. The molecule has 4 nitrogen and oxygen atoms in total. The normalized spacial score (nSPS) is 11.0. The van der Waals surface area contributed by atoms with Gasteiger partial charge in [-0.3, -0.25) is 4.79 Å². The molecule has 0 unspecified atom stereocenters. The molecule has 0 aliphatic rings. The number of carbonyl (C=O) groups is 1. The summed E-state index contributed by atoms with van der Waals surface area (Å²) in [6.45, 7) is 4.58. The van der Waals surface area contributed by atoms with Gasteiger partial charge in [0.25, 0.3) is 5.91 Å². The monoisotopic (exact) mass is 363 g/mol. The summed E-state index contributed by atoms with van der Waals surface area (Å²) in [6.07, 6.45) is 0. The zero-order valence-corrected chi connectivity index (χ0v) is 14.9. The number of hydrogen-bond donors (Lipinski definition) is 1. The highest BCUT2D eigenvalue weighted by molar-refractivity contribution is 9.10. The van der Waals surface area contributed by atoms with Gasteiger partial charge >= 0.3 is 0 Å². The third-order valence-corrected chi connectivity index (χ3v) is 4.51. The number of halogens is 1. The summed E-state index contributed by atoms with van der Waals surface area (Å²) in [7, 11) is 3.96. The van der Waals surface area contributed by atoms with Crippen molar-refractivity contribution in [2.45, 2.75) is 6.92 Å². The SMILES string of the molecule is CCN(C)CCNC(=O)c1ccc(-c2ccccc2Br)n1C. The number of amides is 1. The average molecular weight is 364 g/mol. The van der Waals surface area contributed by atoms with Gasteiger partial charge in [0.1, 0.15) is 5.69 Å². The van der Waals surface area contributed by atoms with Gasteiger partial charge in [-0.15, -0.1) is 0 Å². The first-order valence-electron chi connectivity index (χ1n) is 7.42. The Kier molecular flexibility index (Phi) is 5.80. The molecule has 0 radical (unpaired) electrons. The molecule has 118 valence electrons. The minimum Gasteiger partial charge on any atom is -0.349 e. The Morgan fingerprint density at radius 3 is 2.68 bits per heavy atom. The van der Waals surface area contributed by atoms with Crippen LogP contribution in [0, 0.1) is 0 Å². The number of likely N-dealkylation sites (N-methyl/N-ethyl adjacent to an activating group) is 1. The van der Waals surface area contributed by atoms with E-state index in [0.717, 1.165) is 28.8 Å². The molecule has 0 atom stereocenters. The Labute approximate surface area is 140 Å². The predicted octanol–water partition coefficient (Wildman–Crippen LogP) is 3.14. The van der Waals surface area contributed by atoms with Crippen molar-refractivity contribution < 1.29 is 4.79 Å². The lowest BCUT2D eigenvalue weighted by molar-refractivity contribution is 0.0942. The van der Waals surface area contributed by atoms with Gasteiger partial charge < -0.3 is 14.8 Å². The Morgan fingerprint density at radius 2 is 2.00 bits per heavy atom. The smallest absolute Gasteiger partial charge is 0.267 e. The molecule has 22 heavy (non-hydrogen) atoms. The summed E-state index contributed by atoms with van der Waals surface area (Å²) in [4.78, 5) is 14.5. The Balaban J connectivity index is 2.11. The number of aromatic nitrogens is 1. The van der Waals surface area contributed by atoms with Gasteiger partial charge in [0, 0.05) is 35.9 Å². The standard InChI is InChI=1S/C17H22BrN3O/c1-4-20(2)12-11-19-17(22)16-10-9-15(21(16)3)13-7-5-6-8-14(13)18/h5-10H,4,11-12H2,1-3H3,(H,19,22). The van der Waals surface area contributed by atoms with Crippen LogP contribution in [-0.4, -0.2) is 42.1 Å². The lowest BCUT2D eigenvalue weighted by atomic mass is 10.1. The van der Waals surface area contributed by atoms with Crippen molar-refractivity contribution in [2.75, 3.05) is 26.7 Å². The molecular weight excluding hydrogens is 342 g/mol. The van der Waals surface area contributed by atoms with Crippen LogP contribution in [0.25, 0.3) is 11.3 Å². The van der Waals surface area contributed by atoms with Crippen molar-refractivity contribution in [3.05, 3.63) is 46.6 Å². The molecule has 2 rings (SSSR count). The van der Waals surface area contributed by atoms with Crippen LogP contribution in [0.4, 0.5) is 0 Å². The van der Waals surface area contributed by atoms with Gasteiger partial charge in [-0.2, -0.15) is 0 Å². The van der Waals surface area contributed by atoms with Crippen LogP contribution in [0.2, 0.25) is 0 Å². The maximum Gasteiger partial charge on any atom is 0.267 e. The molecule has 1 aromatic carbocycles. The largest absolute Gasteiger partial charge is 0.349 e. The molecular formula is C17H22BrN3O. The minimum atomic E-state index is -0.0368. The molecule has 2 aromatic rings. The van der Waals surface area contributed by atoms with E-state index in [1.54, 1.807) is 0 Å². The summed E-state index contributed by atoms with van der Waals surface area (Å²) in [6, 6.07) is 11.9. The number of carbonyl (C=O) groups excluding carboxylic acids is 1. The number of benzene rings is 1. The summed E-state index contributed by atoms with van der Waals surface area (Å²) in [5.41, 5.74) is 2.77. The van der Waals surface area contributed by atoms with E-state index >= 15 is 0 Å². The molecule has 0 fully saturated rings. The fourth-order valence-corrected chi connectivity index (χ4v) is 2.78. The Bertz CT molecular complexity index is 651. The summed E-state index contributed by atoms with van der Waals surface area (Å²) in [5, 5.41) is 2.97. The lowest BCUT2D eigenvalue weighted by Crippen LogP contribution is -2.33. The Morgan fingerprint density at radius 1 is 1.27 bits per heavy atom. The topological polar surface area (TPSA) is 37.3 Å². The van der Waals surface area contributed by atoms with E-state index in [1.165, 1.54) is 0 Å². The number of hydrogen-bond acceptors (Lipinski definition) is 2. The molecule has 1 N–H and O–H groups in total. The molecule has 0 aliphatic carbocycles. The van der Waals surface area contributed by atoms with Gasteiger partial charge in [0.15, 0.2) is 0 Å². The molecule has 0 spiro atoms. The fourth-order valence-electron chi connectivity index (χ4n) is 2.29. The molecule has 0 aliphatic heterocycles. The Hall–Kier alpha value is -1.59. The minimum absolute atomic E-state index is 0.0368. The number of rotatable bonds is 6. The third kappa shape index (κ3) is 3.78. The second-order valence-corrected chi connectivity index (χ2v) is 6.15. The van der Waals surface area contributed by atoms with Crippen molar-refractivity contribution >= 4 is 21.8 Å². The number of nitrogens with zero attached hydrogens (tertiary/aromatic N) is 2. The van der Waals surface area contributed by atoms with Crippen molar-refractivity contribution in [1.29, 1.82) is 0 Å². The van der Waals surface area contributed by atoms with Crippen LogP contribution in [0.15, 0.2) is 40.9 Å². The second kappa shape index (κ2) is 7.61. The van der Waals surface area contributed by atoms with E-state index in [2.05, 4.69) is 33.1 Å². The molecule has 1 aromatic heterocycles. The van der Waals surface area contributed by atoms with Crippen LogP contribution in [0.1, 0.15) is 17.4 Å². The van der Waals surface area contributed by atoms with Crippen LogP contribution in [0.3, 0.4) is 0 Å². The van der Waals surface area contributed by atoms with E-state index in [4.69, 9.17) is 0 Å². The third-order valence-electron chi connectivity index (χ3n) is 3.82. The first-order valence-corrected chi connectivity index (χ1v) is 8.21. The van der Waals surface area contributed by atoms with Gasteiger partial charge in [-0.1, -0.05) is 41.1 Å². The van der Waals surface area contributed by atoms with Crippen LogP contribution in [-0.2, 0) is 7.05 Å². The summed E-state index contributed by atoms with van der Waals surface area (Å²) >= 11 is 3.56. The van der Waals surface area contributed by atoms with E-state index in [-0.39, 0.29) is 5.91 Å². The molecule has 0 saturated carbocycles. The predicted molar refractivity (Wildman–Crippen MR) is 94.1 cm³/mol. The van der Waals surface area contributed by atoms with Crippen LogP contribution < -0.4 is 5.32 Å². The highest BCUT2D eigenvalue weighted by Gasteiger charge is 2.14.